The van der Waals surface area contributed by atoms with Gasteiger partial charge in [-0.15, -0.1) is 0 Å². The summed E-state index contributed by atoms with van der Waals surface area (Å²) in [5, 5.41) is 15.0. The molecule has 146 valence electrons. The number of furan rings is 1. The van der Waals surface area contributed by atoms with Gasteiger partial charge in [-0.25, -0.2) is 5.43 Å². The number of nitrogens with zero attached hydrogens (tertiary/aromatic N) is 2. The second-order valence-corrected chi connectivity index (χ2v) is 6.07. The van der Waals surface area contributed by atoms with Crippen LogP contribution in [0.1, 0.15) is 5.76 Å². The summed E-state index contributed by atoms with van der Waals surface area (Å²) in [6.07, 6.45) is 0.467. The Morgan fingerprint density at radius 3 is 2.69 bits per heavy atom. The third-order valence-electron chi connectivity index (χ3n) is 4.16. The quantitative estimate of drug-likeness (QED) is 0.404. The van der Waals surface area contributed by atoms with Gasteiger partial charge < -0.3 is 13.9 Å². The number of hydrogen-bond donors (Lipinski definition) is 1. The normalized spacial score (nSPS) is 15.2. The van der Waals surface area contributed by atoms with Crippen LogP contribution in [-0.2, 0) is 4.79 Å². The number of amides is 1. The summed E-state index contributed by atoms with van der Waals surface area (Å²) in [5.41, 5.74) is 2.66. The van der Waals surface area contributed by atoms with E-state index in [2.05, 4.69) is 10.5 Å². The Kier molecular flexibility index (Phi) is 4.93. The molecule has 9 heteroatoms. The van der Waals surface area contributed by atoms with Crippen molar-refractivity contribution >= 4 is 17.8 Å². The van der Waals surface area contributed by atoms with Crippen molar-refractivity contribution < 1.29 is 23.6 Å². The highest BCUT2D eigenvalue weighted by Gasteiger charge is 2.27. The van der Waals surface area contributed by atoms with Gasteiger partial charge in [-0.1, -0.05) is 24.3 Å². The predicted octanol–water partition coefficient (Wildman–Crippen LogP) is 3.14. The molecule has 0 unspecified atom stereocenters. The molecular weight excluding hydrogens is 378 g/mol. The molecule has 29 heavy (non-hydrogen) atoms. The van der Waals surface area contributed by atoms with E-state index < -0.39 is 16.9 Å². The Labute approximate surface area is 164 Å². The van der Waals surface area contributed by atoms with Crippen molar-refractivity contribution in [2.75, 3.05) is 6.61 Å². The average molecular weight is 393 g/mol. The standard InChI is InChI=1S/C20H15N3O6/c24-20(19-12-27-17-7-3-4-8-18(17)29-19)22-21-11-13-9-10-16(28-13)14-5-1-2-6-15(14)23(25)26/h1-11,19H,12H2,(H,22,24)/t19-/m0/s1. The van der Waals surface area contributed by atoms with E-state index in [4.69, 9.17) is 13.9 Å². The first-order valence-electron chi connectivity index (χ1n) is 8.67. The van der Waals surface area contributed by atoms with Gasteiger partial charge in [0.1, 0.15) is 18.1 Å². The van der Waals surface area contributed by atoms with Crippen LogP contribution in [0.15, 0.2) is 70.2 Å². The fraction of sp³-hybridized carbons (Fsp3) is 0.100. The molecule has 1 aliphatic rings. The molecule has 3 aromatic rings. The minimum atomic E-state index is -0.832. The van der Waals surface area contributed by atoms with Crippen LogP contribution in [0.2, 0.25) is 0 Å². The first-order chi connectivity index (χ1) is 14.1. The molecule has 0 saturated heterocycles. The number of carbonyl (C=O) groups excluding carboxylic acids is 1. The molecule has 2 aromatic carbocycles. The summed E-state index contributed by atoms with van der Waals surface area (Å²) in [7, 11) is 0. The molecule has 2 heterocycles. The number of ether oxygens (including phenoxy) is 2. The Bertz CT molecular complexity index is 1090. The zero-order valence-electron chi connectivity index (χ0n) is 15.0. The van der Waals surface area contributed by atoms with Gasteiger partial charge >= 0.3 is 0 Å². The minimum absolute atomic E-state index is 0.0617. The van der Waals surface area contributed by atoms with E-state index in [0.717, 1.165) is 0 Å². The third-order valence-corrected chi connectivity index (χ3v) is 4.16. The van der Waals surface area contributed by atoms with Gasteiger partial charge in [0.2, 0.25) is 6.10 Å². The first kappa shape index (κ1) is 18.2. The van der Waals surface area contributed by atoms with E-state index in [1.54, 1.807) is 48.5 Å². The van der Waals surface area contributed by atoms with Crippen molar-refractivity contribution in [1.29, 1.82) is 0 Å². The van der Waals surface area contributed by atoms with Crippen LogP contribution in [-0.4, -0.2) is 29.8 Å². The lowest BCUT2D eigenvalue weighted by Crippen LogP contribution is -2.42. The van der Waals surface area contributed by atoms with Gasteiger partial charge in [-0.3, -0.25) is 14.9 Å². The van der Waals surface area contributed by atoms with Gasteiger partial charge in [-0.2, -0.15) is 5.10 Å². The fourth-order valence-electron chi connectivity index (χ4n) is 2.79. The Hall–Kier alpha value is -4.14. The van der Waals surface area contributed by atoms with Crippen LogP contribution in [0.25, 0.3) is 11.3 Å². The van der Waals surface area contributed by atoms with Crippen molar-refractivity contribution in [3.8, 4) is 22.8 Å². The van der Waals surface area contributed by atoms with Gasteiger partial charge in [-0.05, 0) is 30.3 Å². The van der Waals surface area contributed by atoms with E-state index in [1.165, 1.54) is 12.3 Å². The van der Waals surface area contributed by atoms with Crippen molar-refractivity contribution in [2.45, 2.75) is 6.10 Å². The van der Waals surface area contributed by atoms with Gasteiger partial charge in [0.05, 0.1) is 16.7 Å². The number of para-hydroxylation sites is 3. The molecule has 0 spiro atoms. The number of benzene rings is 2. The van der Waals surface area contributed by atoms with Crippen LogP contribution in [0, 0.1) is 10.1 Å². The maximum absolute atomic E-state index is 12.2. The van der Waals surface area contributed by atoms with E-state index in [1.807, 2.05) is 6.07 Å². The summed E-state index contributed by atoms with van der Waals surface area (Å²) >= 11 is 0. The molecule has 1 amide bonds. The zero-order chi connectivity index (χ0) is 20.2. The molecule has 1 N–H and O–H groups in total. The molecule has 4 rings (SSSR count). The summed E-state index contributed by atoms with van der Waals surface area (Å²) < 4.78 is 16.7. The summed E-state index contributed by atoms with van der Waals surface area (Å²) in [6.45, 7) is 0.0704. The molecule has 9 nitrogen and oxygen atoms in total. The van der Waals surface area contributed by atoms with Gasteiger partial charge in [0.15, 0.2) is 11.5 Å². The summed E-state index contributed by atoms with van der Waals surface area (Å²) in [4.78, 5) is 22.9. The number of nitro groups is 1. The van der Waals surface area contributed by atoms with Crippen LogP contribution < -0.4 is 14.9 Å². The van der Waals surface area contributed by atoms with Gasteiger partial charge in [0, 0.05) is 6.07 Å². The lowest BCUT2D eigenvalue weighted by atomic mass is 10.1. The Balaban J connectivity index is 1.40. The molecule has 1 aliphatic heterocycles. The highest BCUT2D eigenvalue weighted by Crippen LogP contribution is 2.31. The minimum Gasteiger partial charge on any atom is -0.485 e. The smallest absolute Gasteiger partial charge is 0.284 e. The number of nitrogens with one attached hydrogen (secondary N) is 1. The van der Waals surface area contributed by atoms with Crippen molar-refractivity contribution in [1.82, 2.24) is 5.43 Å². The maximum atomic E-state index is 12.2. The summed E-state index contributed by atoms with van der Waals surface area (Å²) in [6, 6.07) is 16.5. The highest BCUT2D eigenvalue weighted by atomic mass is 16.6. The van der Waals surface area contributed by atoms with Crippen LogP contribution >= 0.6 is 0 Å². The topological polar surface area (TPSA) is 116 Å². The number of carbonyl (C=O) groups is 1. The maximum Gasteiger partial charge on any atom is 0.284 e. The van der Waals surface area contributed by atoms with Crippen molar-refractivity contribution in [3.05, 3.63) is 76.5 Å². The van der Waals surface area contributed by atoms with E-state index in [0.29, 0.717) is 28.6 Å². The Morgan fingerprint density at radius 1 is 1.10 bits per heavy atom. The number of rotatable bonds is 5. The van der Waals surface area contributed by atoms with Gasteiger partial charge in [0.25, 0.3) is 11.6 Å². The van der Waals surface area contributed by atoms with E-state index in [9.17, 15) is 14.9 Å². The van der Waals surface area contributed by atoms with E-state index in [-0.39, 0.29) is 12.3 Å². The molecule has 0 radical (unpaired) electrons. The highest BCUT2D eigenvalue weighted by molar-refractivity contribution is 5.84. The fourth-order valence-corrected chi connectivity index (χ4v) is 2.79. The van der Waals surface area contributed by atoms with Crippen LogP contribution in [0.5, 0.6) is 11.5 Å². The first-order valence-corrected chi connectivity index (χ1v) is 8.67. The molecule has 1 atom stereocenters. The Morgan fingerprint density at radius 2 is 1.86 bits per heavy atom. The van der Waals surface area contributed by atoms with Crippen LogP contribution in [0.3, 0.4) is 0 Å². The molecule has 1 aromatic heterocycles. The number of fused-ring (bicyclic) bond motifs is 1. The zero-order valence-corrected chi connectivity index (χ0v) is 15.0. The van der Waals surface area contributed by atoms with Crippen molar-refractivity contribution in [3.63, 3.8) is 0 Å². The predicted molar refractivity (Wildman–Crippen MR) is 103 cm³/mol. The largest absolute Gasteiger partial charge is 0.485 e. The molecule has 0 saturated carbocycles. The third kappa shape index (κ3) is 3.93. The van der Waals surface area contributed by atoms with E-state index >= 15 is 0 Å². The molecule has 0 aliphatic carbocycles. The average Bonchev–Trinajstić information content (AvgIpc) is 3.22. The molecular formula is C20H15N3O6. The van der Waals surface area contributed by atoms with Crippen LogP contribution in [0.4, 0.5) is 5.69 Å². The lowest BCUT2D eigenvalue weighted by Gasteiger charge is -2.24. The molecule has 0 bridgehead atoms. The number of hydrogen-bond acceptors (Lipinski definition) is 7. The van der Waals surface area contributed by atoms with Crippen molar-refractivity contribution in [2.24, 2.45) is 5.10 Å². The number of nitro benzene ring substituents is 1. The SMILES string of the molecule is O=C(NN=Cc1ccc(-c2ccccc2[N+](=O)[O-])o1)[C@@H]1COc2ccccc2O1. The lowest BCUT2D eigenvalue weighted by molar-refractivity contribution is -0.384. The number of hydrazone groups is 1. The summed E-state index contributed by atoms with van der Waals surface area (Å²) in [5.74, 6) is 1.25. The molecule has 0 fully saturated rings. The second kappa shape index (κ2) is 7.85. The monoisotopic (exact) mass is 393 g/mol. The second-order valence-electron chi connectivity index (χ2n) is 6.07.